The monoisotopic (exact) mass is 446 g/mol. The Balaban J connectivity index is 1.58. The minimum Gasteiger partial charge on any atom is -0.481 e. The van der Waals surface area contributed by atoms with E-state index in [1.807, 2.05) is 42.5 Å². The van der Waals surface area contributed by atoms with Crippen LogP contribution >= 0.6 is 0 Å². The number of aliphatic hydroxyl groups is 1. The highest BCUT2D eigenvalue weighted by Crippen LogP contribution is 2.47. The third kappa shape index (κ3) is 7.21. The van der Waals surface area contributed by atoms with Gasteiger partial charge in [-0.3, -0.25) is 4.79 Å². The molecule has 1 aromatic rings. The Kier molecular flexibility index (Phi) is 9.15. The summed E-state index contributed by atoms with van der Waals surface area (Å²) < 4.78 is 0. The second kappa shape index (κ2) is 12.1. The van der Waals surface area contributed by atoms with Crippen molar-refractivity contribution in [3.8, 4) is 11.8 Å². The number of carboxylic acids is 1. The van der Waals surface area contributed by atoms with Crippen LogP contribution in [0.25, 0.3) is 0 Å². The van der Waals surface area contributed by atoms with E-state index < -0.39 is 12.1 Å². The maximum Gasteiger partial charge on any atom is 0.303 e. The lowest BCUT2D eigenvalue weighted by molar-refractivity contribution is -0.137. The fourth-order valence-corrected chi connectivity index (χ4v) is 5.00. The fraction of sp³-hybridized carbons (Fsp3) is 0.500. The lowest BCUT2D eigenvalue weighted by Crippen LogP contribution is -2.40. The molecule has 2 fully saturated rings. The molecule has 0 amide bonds. The van der Waals surface area contributed by atoms with E-state index in [9.17, 15) is 9.90 Å². The molecule has 0 radical (unpaired) electrons. The highest BCUT2D eigenvalue weighted by Gasteiger charge is 2.41. The lowest BCUT2D eigenvalue weighted by Gasteiger charge is -2.43. The molecule has 0 saturated heterocycles. The van der Waals surface area contributed by atoms with Crippen molar-refractivity contribution < 1.29 is 15.0 Å². The van der Waals surface area contributed by atoms with Crippen molar-refractivity contribution in [3.05, 3.63) is 71.8 Å². The Morgan fingerprint density at radius 2 is 1.91 bits per heavy atom. The summed E-state index contributed by atoms with van der Waals surface area (Å²) >= 11 is 0. The first-order valence-corrected chi connectivity index (χ1v) is 12.4. The first kappa shape index (κ1) is 25.1. The predicted octanol–water partition coefficient (Wildman–Crippen LogP) is 6.83. The van der Waals surface area contributed by atoms with E-state index in [-0.39, 0.29) is 17.3 Å². The molecule has 2 atom stereocenters. The van der Waals surface area contributed by atoms with Crippen LogP contribution in [-0.4, -0.2) is 22.3 Å². The minimum atomic E-state index is -0.723. The van der Waals surface area contributed by atoms with Gasteiger partial charge in [0.25, 0.3) is 0 Å². The fourth-order valence-electron chi connectivity index (χ4n) is 5.00. The minimum absolute atomic E-state index is 0.0199. The average Bonchev–Trinajstić information content (AvgIpc) is 2.77. The van der Waals surface area contributed by atoms with Crippen molar-refractivity contribution in [2.24, 2.45) is 10.8 Å². The van der Waals surface area contributed by atoms with E-state index in [1.54, 1.807) is 0 Å². The van der Waals surface area contributed by atoms with Crippen molar-refractivity contribution in [1.82, 2.24) is 0 Å². The predicted molar refractivity (Wildman–Crippen MR) is 135 cm³/mol. The molecule has 176 valence electrons. The standard InChI is InChI=1S/C30H38O3/c1-29(20-9-7-17-26(29)16-5-6-19-28(32)33)21-10-8-18-27(31)30(23-12-24-30)22-11-15-25-13-3-2-4-14-25/h2-4,8,10,13-14,16,18,21,27,31H,5-7,9,12,17,19-20,22-24H2,1H3,(H,32,33)/b18-8+,21-10+,26-16+/t27-,29-/m0/s1. The SMILES string of the molecule is C[C@@]1(/C=C/C=C/[C@H](O)C2(CC#Cc3ccccc3)CCC2)CCCC/C1=C\CCCC(=O)O. The van der Waals surface area contributed by atoms with Crippen LogP contribution in [0.15, 0.2) is 66.3 Å². The van der Waals surface area contributed by atoms with Crippen molar-refractivity contribution in [2.75, 3.05) is 0 Å². The molecule has 0 bridgehead atoms. The summed E-state index contributed by atoms with van der Waals surface area (Å²) in [5.41, 5.74) is 2.35. The van der Waals surface area contributed by atoms with E-state index in [0.29, 0.717) is 6.42 Å². The molecule has 1 aromatic carbocycles. The molecule has 0 heterocycles. The van der Waals surface area contributed by atoms with E-state index in [1.165, 1.54) is 18.4 Å². The van der Waals surface area contributed by atoms with Crippen molar-refractivity contribution in [2.45, 2.75) is 83.7 Å². The van der Waals surface area contributed by atoms with Gasteiger partial charge < -0.3 is 10.2 Å². The van der Waals surface area contributed by atoms with E-state index >= 15 is 0 Å². The normalized spacial score (nSPS) is 24.4. The molecule has 33 heavy (non-hydrogen) atoms. The van der Waals surface area contributed by atoms with E-state index in [2.05, 4.69) is 37.0 Å². The molecule has 3 rings (SSSR count). The molecule has 0 unspecified atom stereocenters. The van der Waals surface area contributed by atoms with Crippen LogP contribution in [-0.2, 0) is 4.79 Å². The molecule has 2 saturated carbocycles. The summed E-state index contributed by atoms with van der Waals surface area (Å²) in [6.07, 6.45) is 20.3. The van der Waals surface area contributed by atoms with Gasteiger partial charge in [-0.15, -0.1) is 0 Å². The number of allylic oxidation sites excluding steroid dienone is 5. The summed E-state index contributed by atoms with van der Waals surface area (Å²) in [6, 6.07) is 10.0. The summed E-state index contributed by atoms with van der Waals surface area (Å²) in [6.45, 7) is 2.28. The maximum absolute atomic E-state index is 10.9. The Bertz CT molecular complexity index is 924. The van der Waals surface area contributed by atoms with Crippen molar-refractivity contribution in [3.63, 3.8) is 0 Å². The molecule has 3 heteroatoms. The van der Waals surface area contributed by atoms with Gasteiger partial charge >= 0.3 is 5.97 Å². The third-order valence-electron chi connectivity index (χ3n) is 7.40. The Morgan fingerprint density at radius 1 is 1.12 bits per heavy atom. The van der Waals surface area contributed by atoms with Crippen LogP contribution in [0.3, 0.4) is 0 Å². The molecule has 2 aliphatic carbocycles. The number of hydrogen-bond acceptors (Lipinski definition) is 2. The zero-order valence-electron chi connectivity index (χ0n) is 19.9. The van der Waals surface area contributed by atoms with Gasteiger partial charge in [0.2, 0.25) is 0 Å². The average molecular weight is 447 g/mol. The number of benzene rings is 1. The first-order valence-electron chi connectivity index (χ1n) is 12.4. The second-order valence-corrected chi connectivity index (χ2v) is 9.89. The van der Waals surface area contributed by atoms with Gasteiger partial charge in [-0.1, -0.05) is 85.8 Å². The number of aliphatic hydroxyl groups excluding tert-OH is 1. The van der Waals surface area contributed by atoms with Crippen LogP contribution in [0, 0.1) is 22.7 Å². The quantitative estimate of drug-likeness (QED) is 0.189. The topological polar surface area (TPSA) is 57.5 Å². The molecule has 3 nitrogen and oxygen atoms in total. The van der Waals surface area contributed by atoms with E-state index in [0.717, 1.165) is 50.5 Å². The van der Waals surface area contributed by atoms with Gasteiger partial charge in [-0.2, -0.15) is 0 Å². The van der Waals surface area contributed by atoms with Gasteiger partial charge in [-0.25, -0.2) is 0 Å². The summed E-state index contributed by atoms with van der Waals surface area (Å²) in [5, 5.41) is 19.8. The van der Waals surface area contributed by atoms with Gasteiger partial charge in [0.1, 0.15) is 0 Å². The number of rotatable bonds is 9. The van der Waals surface area contributed by atoms with Crippen molar-refractivity contribution in [1.29, 1.82) is 0 Å². The highest BCUT2D eigenvalue weighted by molar-refractivity contribution is 5.66. The molecule has 2 N–H and O–H groups in total. The zero-order valence-corrected chi connectivity index (χ0v) is 19.9. The molecule has 0 aliphatic heterocycles. The molecule has 2 aliphatic rings. The molecular formula is C30H38O3. The molecule has 0 aromatic heterocycles. The smallest absolute Gasteiger partial charge is 0.303 e. The summed E-state index contributed by atoms with van der Waals surface area (Å²) in [4.78, 5) is 10.8. The summed E-state index contributed by atoms with van der Waals surface area (Å²) in [5.74, 6) is 5.81. The van der Waals surface area contributed by atoms with Crippen molar-refractivity contribution >= 4 is 5.97 Å². The zero-order chi connectivity index (χ0) is 23.6. The van der Waals surface area contributed by atoms with Crippen LogP contribution in [0.2, 0.25) is 0 Å². The number of aliphatic carboxylic acids is 1. The largest absolute Gasteiger partial charge is 0.481 e. The van der Waals surface area contributed by atoms with Gasteiger partial charge in [0, 0.05) is 29.2 Å². The van der Waals surface area contributed by atoms with Crippen LogP contribution in [0.5, 0.6) is 0 Å². The molecular weight excluding hydrogens is 408 g/mol. The Hall–Kier alpha value is -2.57. The number of hydrogen-bond donors (Lipinski definition) is 2. The Morgan fingerprint density at radius 3 is 2.61 bits per heavy atom. The van der Waals surface area contributed by atoms with Gasteiger partial charge in [-0.05, 0) is 57.1 Å². The van der Waals surface area contributed by atoms with E-state index in [4.69, 9.17) is 5.11 Å². The first-order chi connectivity index (χ1) is 15.9. The van der Waals surface area contributed by atoms with Crippen LogP contribution in [0.4, 0.5) is 0 Å². The van der Waals surface area contributed by atoms with Gasteiger partial charge in [0.15, 0.2) is 0 Å². The number of unbranched alkanes of at least 4 members (excludes halogenated alkanes) is 1. The third-order valence-corrected chi connectivity index (χ3v) is 7.40. The highest BCUT2D eigenvalue weighted by atomic mass is 16.4. The summed E-state index contributed by atoms with van der Waals surface area (Å²) in [7, 11) is 0. The lowest BCUT2D eigenvalue weighted by atomic mass is 9.63. The number of carbonyl (C=O) groups is 1. The van der Waals surface area contributed by atoms with Crippen LogP contribution < -0.4 is 0 Å². The maximum atomic E-state index is 10.9. The number of carboxylic acid groups (broad SMARTS) is 1. The van der Waals surface area contributed by atoms with Crippen LogP contribution in [0.1, 0.15) is 83.1 Å². The Labute approximate surface area is 199 Å². The second-order valence-electron chi connectivity index (χ2n) is 9.89. The molecule has 0 spiro atoms. The van der Waals surface area contributed by atoms with Gasteiger partial charge in [0.05, 0.1) is 6.10 Å².